The minimum atomic E-state index is 0.0680. The predicted octanol–water partition coefficient (Wildman–Crippen LogP) is 2.54. The molecule has 0 saturated heterocycles. The van der Waals surface area contributed by atoms with Gasteiger partial charge in [0.25, 0.3) is 5.91 Å². The molecule has 0 spiro atoms. The molecule has 16 heavy (non-hydrogen) atoms. The van der Waals surface area contributed by atoms with Crippen LogP contribution in [0.1, 0.15) is 30.9 Å². The van der Waals surface area contributed by atoms with Crippen LogP contribution >= 0.6 is 0 Å². The molecule has 2 heteroatoms. The van der Waals surface area contributed by atoms with E-state index in [4.69, 9.17) is 0 Å². The second-order valence-corrected chi connectivity index (χ2v) is 4.09. The summed E-state index contributed by atoms with van der Waals surface area (Å²) >= 11 is 0. The Bertz CT molecular complexity index is 420. The molecule has 1 aliphatic rings. The minimum absolute atomic E-state index is 0.0680. The lowest BCUT2D eigenvalue weighted by molar-refractivity contribution is -0.115. The van der Waals surface area contributed by atoms with Crippen molar-refractivity contribution in [1.29, 1.82) is 0 Å². The zero-order chi connectivity index (χ0) is 11.4. The number of fused-ring (bicyclic) bond motifs is 1. The van der Waals surface area contributed by atoms with E-state index in [0.717, 1.165) is 36.9 Å². The van der Waals surface area contributed by atoms with Crippen LogP contribution in [-0.4, -0.2) is 12.5 Å². The van der Waals surface area contributed by atoms with Gasteiger partial charge in [-0.05, 0) is 24.0 Å². The van der Waals surface area contributed by atoms with Crippen molar-refractivity contribution < 1.29 is 4.79 Å². The Labute approximate surface area is 96.4 Å². The molecule has 1 aliphatic carbocycles. The predicted molar refractivity (Wildman–Crippen MR) is 66.0 cm³/mol. The van der Waals surface area contributed by atoms with E-state index in [0.29, 0.717) is 0 Å². The first-order chi connectivity index (χ1) is 7.83. The number of hydrogen-bond acceptors (Lipinski definition) is 1. The van der Waals surface area contributed by atoms with Gasteiger partial charge in [-0.1, -0.05) is 43.7 Å². The van der Waals surface area contributed by atoms with Crippen molar-refractivity contribution in [1.82, 2.24) is 5.32 Å². The molecular weight excluding hydrogens is 198 g/mol. The second kappa shape index (κ2) is 4.97. The molecule has 0 unspecified atom stereocenters. The molecule has 84 valence electrons. The molecule has 1 N–H and O–H groups in total. The largest absolute Gasteiger partial charge is 0.352 e. The number of carbonyl (C=O) groups is 1. The van der Waals surface area contributed by atoms with Crippen molar-refractivity contribution >= 4 is 11.5 Å². The fourth-order valence-corrected chi connectivity index (χ4v) is 1.97. The van der Waals surface area contributed by atoms with Crippen molar-refractivity contribution in [2.24, 2.45) is 0 Å². The van der Waals surface area contributed by atoms with Gasteiger partial charge in [-0.25, -0.2) is 0 Å². The average Bonchev–Trinajstić information content (AvgIpc) is 2.73. The molecule has 1 amide bonds. The van der Waals surface area contributed by atoms with Gasteiger partial charge >= 0.3 is 0 Å². The van der Waals surface area contributed by atoms with Gasteiger partial charge in [-0.2, -0.15) is 0 Å². The van der Waals surface area contributed by atoms with Gasteiger partial charge in [0.1, 0.15) is 0 Å². The van der Waals surface area contributed by atoms with Crippen LogP contribution < -0.4 is 5.32 Å². The summed E-state index contributed by atoms with van der Waals surface area (Å²) in [6.45, 7) is 2.89. The van der Waals surface area contributed by atoms with Gasteiger partial charge in [-0.3, -0.25) is 4.79 Å². The third-order valence-electron chi connectivity index (χ3n) is 2.89. The maximum atomic E-state index is 11.9. The van der Waals surface area contributed by atoms with Crippen LogP contribution in [0, 0.1) is 0 Å². The van der Waals surface area contributed by atoms with Crippen molar-refractivity contribution in [3.8, 4) is 0 Å². The van der Waals surface area contributed by atoms with Crippen molar-refractivity contribution in [2.45, 2.75) is 26.2 Å². The molecule has 2 nitrogen and oxygen atoms in total. The van der Waals surface area contributed by atoms with E-state index in [9.17, 15) is 4.79 Å². The second-order valence-electron chi connectivity index (χ2n) is 4.09. The molecule has 1 aromatic rings. The van der Waals surface area contributed by atoms with Gasteiger partial charge in [0, 0.05) is 12.1 Å². The first-order valence-electron chi connectivity index (χ1n) is 5.89. The summed E-state index contributed by atoms with van der Waals surface area (Å²) in [6, 6.07) is 8.10. The average molecular weight is 215 g/mol. The number of carbonyl (C=O) groups excluding carboxylic acids is 1. The van der Waals surface area contributed by atoms with Crippen LogP contribution in [-0.2, 0) is 11.2 Å². The van der Waals surface area contributed by atoms with Gasteiger partial charge in [0.2, 0.25) is 0 Å². The highest BCUT2D eigenvalue weighted by atomic mass is 16.1. The Morgan fingerprint density at radius 3 is 3.00 bits per heavy atom. The minimum Gasteiger partial charge on any atom is -0.352 e. The molecule has 0 aliphatic heterocycles. The molecule has 0 atom stereocenters. The monoisotopic (exact) mass is 215 g/mol. The summed E-state index contributed by atoms with van der Waals surface area (Å²) < 4.78 is 0. The van der Waals surface area contributed by atoms with E-state index in [1.165, 1.54) is 5.56 Å². The van der Waals surface area contributed by atoms with Gasteiger partial charge in [0.15, 0.2) is 0 Å². The number of benzene rings is 1. The number of amides is 1. The Balaban J connectivity index is 2.04. The molecule has 2 rings (SSSR count). The lowest BCUT2D eigenvalue weighted by atomic mass is 10.1. The molecular formula is C14H17NO. The molecule has 1 aromatic carbocycles. The maximum Gasteiger partial charge on any atom is 0.251 e. The van der Waals surface area contributed by atoms with Crippen LogP contribution in [0.15, 0.2) is 30.3 Å². The Hall–Kier alpha value is -1.57. The number of allylic oxidation sites excluding steroid dienone is 1. The third-order valence-corrected chi connectivity index (χ3v) is 2.89. The van der Waals surface area contributed by atoms with Crippen LogP contribution in [0.25, 0.3) is 5.57 Å². The lowest BCUT2D eigenvalue weighted by Crippen LogP contribution is -2.24. The number of nitrogens with one attached hydrogen (secondary N) is 1. The smallest absolute Gasteiger partial charge is 0.251 e. The summed E-state index contributed by atoms with van der Waals surface area (Å²) in [5, 5.41) is 2.96. The van der Waals surface area contributed by atoms with E-state index in [2.05, 4.69) is 18.3 Å². The summed E-state index contributed by atoms with van der Waals surface area (Å²) in [4.78, 5) is 11.9. The maximum absolute atomic E-state index is 11.9. The van der Waals surface area contributed by atoms with Crippen molar-refractivity contribution in [3.05, 3.63) is 41.5 Å². The normalized spacial score (nSPS) is 13.2. The Kier molecular flexibility index (Phi) is 3.40. The van der Waals surface area contributed by atoms with Gasteiger partial charge in [-0.15, -0.1) is 0 Å². The van der Waals surface area contributed by atoms with E-state index in [1.54, 1.807) is 0 Å². The van der Waals surface area contributed by atoms with Crippen LogP contribution in [0.2, 0.25) is 0 Å². The number of unbranched alkanes of at least 4 members (excludes halogenated alkanes) is 1. The highest BCUT2D eigenvalue weighted by Gasteiger charge is 2.18. The standard InChI is InChI=1S/C14H17NO/c1-2-3-10-15-14(16)13-9-8-11-6-4-5-7-12(11)13/h4-7,9H,2-3,8,10H2,1H3,(H,15,16). The molecule has 0 bridgehead atoms. The Morgan fingerprint density at radius 2 is 2.19 bits per heavy atom. The zero-order valence-electron chi connectivity index (χ0n) is 9.62. The lowest BCUT2D eigenvalue weighted by Gasteiger charge is -2.06. The fourth-order valence-electron chi connectivity index (χ4n) is 1.97. The highest BCUT2D eigenvalue weighted by Crippen LogP contribution is 2.26. The molecule has 0 fully saturated rings. The molecule has 0 heterocycles. The molecule has 0 saturated carbocycles. The summed E-state index contributed by atoms with van der Waals surface area (Å²) in [7, 11) is 0. The topological polar surface area (TPSA) is 29.1 Å². The van der Waals surface area contributed by atoms with E-state index in [-0.39, 0.29) is 5.91 Å². The number of hydrogen-bond donors (Lipinski definition) is 1. The van der Waals surface area contributed by atoms with Crippen LogP contribution in [0.5, 0.6) is 0 Å². The van der Waals surface area contributed by atoms with Crippen molar-refractivity contribution in [3.63, 3.8) is 0 Å². The number of rotatable bonds is 4. The zero-order valence-corrected chi connectivity index (χ0v) is 9.62. The Morgan fingerprint density at radius 1 is 1.38 bits per heavy atom. The first-order valence-corrected chi connectivity index (χ1v) is 5.89. The molecule has 0 aromatic heterocycles. The van der Waals surface area contributed by atoms with Gasteiger partial charge < -0.3 is 5.32 Å². The van der Waals surface area contributed by atoms with Gasteiger partial charge in [0.05, 0.1) is 0 Å². The van der Waals surface area contributed by atoms with Crippen LogP contribution in [0.3, 0.4) is 0 Å². The quantitative estimate of drug-likeness (QED) is 0.768. The van der Waals surface area contributed by atoms with E-state index >= 15 is 0 Å². The fraction of sp³-hybridized carbons (Fsp3) is 0.357. The third kappa shape index (κ3) is 2.16. The highest BCUT2D eigenvalue weighted by molar-refractivity contribution is 6.20. The summed E-state index contributed by atoms with van der Waals surface area (Å²) in [5.74, 6) is 0.0680. The SMILES string of the molecule is CCCCNC(=O)C1=CCc2ccccc21. The van der Waals surface area contributed by atoms with Crippen molar-refractivity contribution in [2.75, 3.05) is 6.54 Å². The van der Waals surface area contributed by atoms with E-state index < -0.39 is 0 Å². The van der Waals surface area contributed by atoms with E-state index in [1.807, 2.05) is 24.3 Å². The summed E-state index contributed by atoms with van der Waals surface area (Å²) in [6.07, 6.45) is 5.05. The molecule has 0 radical (unpaired) electrons. The first kappa shape index (κ1) is 10.9. The summed E-state index contributed by atoms with van der Waals surface area (Å²) in [5.41, 5.74) is 3.19. The van der Waals surface area contributed by atoms with Crippen LogP contribution in [0.4, 0.5) is 0 Å².